The van der Waals surface area contributed by atoms with Gasteiger partial charge in [-0.2, -0.15) is 11.8 Å². The fourth-order valence-corrected chi connectivity index (χ4v) is 4.28. The van der Waals surface area contributed by atoms with Crippen molar-refractivity contribution in [3.8, 4) is 0 Å². The highest BCUT2D eigenvalue weighted by molar-refractivity contribution is 9.10. The molecule has 26 heavy (non-hydrogen) atoms. The van der Waals surface area contributed by atoms with Crippen molar-refractivity contribution in [1.82, 2.24) is 9.88 Å². The fourth-order valence-electron chi connectivity index (χ4n) is 2.26. The summed E-state index contributed by atoms with van der Waals surface area (Å²) < 4.78 is 0.964. The van der Waals surface area contributed by atoms with Crippen LogP contribution in [0.4, 0.5) is 5.69 Å². The first-order valence-electron chi connectivity index (χ1n) is 8.14. The van der Waals surface area contributed by atoms with Gasteiger partial charge in [0.05, 0.1) is 17.2 Å². The zero-order chi connectivity index (χ0) is 19.1. The van der Waals surface area contributed by atoms with Crippen molar-refractivity contribution in [2.75, 3.05) is 24.7 Å². The molecule has 2 aromatic rings. The minimum Gasteiger partial charge on any atom is -0.336 e. The van der Waals surface area contributed by atoms with Crippen LogP contribution in [0.25, 0.3) is 0 Å². The average molecular weight is 456 g/mol. The van der Waals surface area contributed by atoms with E-state index >= 15 is 0 Å². The molecule has 0 aliphatic rings. The van der Waals surface area contributed by atoms with E-state index in [9.17, 15) is 9.59 Å². The number of nitrogens with zero attached hydrogens (tertiary/aromatic N) is 2. The van der Waals surface area contributed by atoms with Crippen molar-refractivity contribution in [2.45, 2.75) is 26.0 Å². The summed E-state index contributed by atoms with van der Waals surface area (Å²) in [6.45, 7) is 3.96. The molecule has 2 amide bonds. The van der Waals surface area contributed by atoms with Crippen LogP contribution in [0.15, 0.2) is 28.1 Å². The number of halogens is 1. The first kappa shape index (κ1) is 20.9. The topological polar surface area (TPSA) is 62.3 Å². The lowest BCUT2D eigenvalue weighted by Crippen LogP contribution is -2.35. The average Bonchev–Trinajstić information content (AvgIpc) is 2.99. The van der Waals surface area contributed by atoms with Gasteiger partial charge in [-0.25, -0.2) is 4.98 Å². The largest absolute Gasteiger partial charge is 0.336 e. The number of carbonyl (C=O) groups is 2. The summed E-state index contributed by atoms with van der Waals surface area (Å²) in [4.78, 5) is 30.2. The number of hydrogen-bond acceptors (Lipinski definition) is 5. The highest BCUT2D eigenvalue weighted by Crippen LogP contribution is 2.20. The normalized spacial score (nSPS) is 10.6. The first-order chi connectivity index (χ1) is 12.3. The molecule has 0 spiro atoms. The predicted molar refractivity (Wildman–Crippen MR) is 113 cm³/mol. The second kappa shape index (κ2) is 10.1. The minimum atomic E-state index is -0.197. The fraction of sp³-hybridized carbons (Fsp3) is 0.389. The van der Waals surface area contributed by atoms with Crippen molar-refractivity contribution in [2.24, 2.45) is 0 Å². The lowest BCUT2D eigenvalue weighted by molar-refractivity contribution is -0.132. The van der Waals surface area contributed by atoms with Crippen molar-refractivity contribution in [3.63, 3.8) is 0 Å². The third-order valence-corrected chi connectivity index (χ3v) is 5.95. The van der Waals surface area contributed by atoms with Crippen molar-refractivity contribution >= 4 is 56.5 Å². The standard InChI is InChI=1S/C18H22BrN3O2S2/c1-12-8-14(19)4-5-16(12)21-17(23)9-22(3)18(24)6-7-25-10-15-11-26-13(2)20-15/h4-5,8,11H,6-7,9-10H2,1-3H3,(H,21,23). The number of hydrogen-bond donors (Lipinski definition) is 1. The summed E-state index contributed by atoms with van der Waals surface area (Å²) in [7, 11) is 1.66. The zero-order valence-electron chi connectivity index (χ0n) is 15.0. The van der Waals surface area contributed by atoms with Crippen LogP contribution < -0.4 is 5.32 Å². The van der Waals surface area contributed by atoms with E-state index in [4.69, 9.17) is 0 Å². The maximum Gasteiger partial charge on any atom is 0.243 e. The van der Waals surface area contributed by atoms with Crippen LogP contribution in [0.5, 0.6) is 0 Å². The molecule has 0 bridgehead atoms. The van der Waals surface area contributed by atoms with Gasteiger partial charge < -0.3 is 10.2 Å². The zero-order valence-corrected chi connectivity index (χ0v) is 18.3. The van der Waals surface area contributed by atoms with Gasteiger partial charge in [-0.1, -0.05) is 15.9 Å². The number of thioether (sulfide) groups is 1. The van der Waals surface area contributed by atoms with Gasteiger partial charge in [0.1, 0.15) is 0 Å². The van der Waals surface area contributed by atoms with E-state index < -0.39 is 0 Å². The Kier molecular flexibility index (Phi) is 8.12. The number of thiazole rings is 1. The molecule has 8 heteroatoms. The van der Waals surface area contributed by atoms with E-state index in [2.05, 4.69) is 26.2 Å². The van der Waals surface area contributed by atoms with E-state index in [0.717, 1.165) is 32.2 Å². The van der Waals surface area contributed by atoms with Gasteiger partial charge >= 0.3 is 0 Å². The van der Waals surface area contributed by atoms with Gasteiger partial charge in [0.15, 0.2) is 0 Å². The first-order valence-corrected chi connectivity index (χ1v) is 11.0. The van der Waals surface area contributed by atoms with Crippen LogP contribution in [-0.2, 0) is 15.3 Å². The van der Waals surface area contributed by atoms with E-state index in [1.165, 1.54) is 4.90 Å². The molecule has 0 atom stereocenters. The lowest BCUT2D eigenvalue weighted by atomic mass is 10.2. The van der Waals surface area contributed by atoms with Crippen molar-refractivity contribution in [1.29, 1.82) is 0 Å². The molecule has 5 nitrogen and oxygen atoms in total. The summed E-state index contributed by atoms with van der Waals surface area (Å²) in [5.41, 5.74) is 2.78. The molecule has 140 valence electrons. The molecule has 0 unspecified atom stereocenters. The predicted octanol–water partition coefficient (Wildman–Crippen LogP) is 4.24. The summed E-state index contributed by atoms with van der Waals surface area (Å²) in [5.74, 6) is 1.30. The third kappa shape index (κ3) is 6.74. The van der Waals surface area contributed by atoms with E-state index in [0.29, 0.717) is 12.2 Å². The number of benzene rings is 1. The molecule has 0 saturated heterocycles. The Morgan fingerprint density at radius 2 is 2.12 bits per heavy atom. The Labute approximate surface area is 170 Å². The second-order valence-corrected chi connectivity index (χ2v) is 9.00. The van der Waals surface area contributed by atoms with E-state index in [-0.39, 0.29) is 18.4 Å². The Morgan fingerprint density at radius 3 is 2.77 bits per heavy atom. The molecule has 1 aromatic heterocycles. The molecule has 0 saturated carbocycles. The monoisotopic (exact) mass is 455 g/mol. The van der Waals surface area contributed by atoms with Gasteiger partial charge in [-0.05, 0) is 37.6 Å². The van der Waals surface area contributed by atoms with Gasteiger partial charge in [-0.3, -0.25) is 9.59 Å². The van der Waals surface area contributed by atoms with Crippen LogP contribution in [0, 0.1) is 13.8 Å². The molecule has 1 heterocycles. The number of likely N-dealkylation sites (N-methyl/N-ethyl adjacent to an activating group) is 1. The maximum atomic E-state index is 12.2. The van der Waals surface area contributed by atoms with Gasteiger partial charge in [-0.15, -0.1) is 11.3 Å². The van der Waals surface area contributed by atoms with Crippen LogP contribution in [0.3, 0.4) is 0 Å². The second-order valence-electron chi connectivity index (χ2n) is 5.92. The van der Waals surface area contributed by atoms with Crippen LogP contribution in [-0.4, -0.2) is 41.0 Å². The Balaban J connectivity index is 1.71. The Hall–Kier alpha value is -1.38. The number of amides is 2. The molecular weight excluding hydrogens is 434 g/mol. The summed E-state index contributed by atoms with van der Waals surface area (Å²) >= 11 is 6.71. The van der Waals surface area contributed by atoms with E-state index in [1.807, 2.05) is 37.4 Å². The number of anilines is 1. The molecule has 0 radical (unpaired) electrons. The number of aryl methyl sites for hydroxylation is 2. The molecule has 0 aliphatic carbocycles. The number of rotatable bonds is 8. The Morgan fingerprint density at radius 1 is 1.35 bits per heavy atom. The molecule has 1 N–H and O–H groups in total. The summed E-state index contributed by atoms with van der Waals surface area (Å²) in [5, 5.41) is 5.95. The maximum absolute atomic E-state index is 12.2. The van der Waals surface area contributed by atoms with Crippen molar-refractivity contribution in [3.05, 3.63) is 44.3 Å². The highest BCUT2D eigenvalue weighted by atomic mass is 79.9. The SMILES string of the molecule is Cc1nc(CSCCC(=O)N(C)CC(=O)Nc2ccc(Br)cc2C)cs1. The number of carbonyl (C=O) groups excluding carboxylic acids is 2. The molecule has 0 aliphatic heterocycles. The number of nitrogens with one attached hydrogen (secondary N) is 1. The smallest absolute Gasteiger partial charge is 0.243 e. The van der Waals surface area contributed by atoms with Crippen LogP contribution in [0.2, 0.25) is 0 Å². The van der Waals surface area contributed by atoms with Gasteiger partial charge in [0.2, 0.25) is 11.8 Å². The minimum absolute atomic E-state index is 0.0327. The van der Waals surface area contributed by atoms with Crippen LogP contribution in [0.1, 0.15) is 22.7 Å². The quantitative estimate of drug-likeness (QED) is 0.604. The summed E-state index contributed by atoms with van der Waals surface area (Å²) in [6.07, 6.45) is 0.412. The molecular formula is C18H22BrN3O2S2. The molecule has 2 rings (SSSR count). The lowest BCUT2D eigenvalue weighted by Gasteiger charge is -2.17. The Bertz CT molecular complexity index is 780. The highest BCUT2D eigenvalue weighted by Gasteiger charge is 2.13. The van der Waals surface area contributed by atoms with Crippen LogP contribution >= 0.6 is 39.0 Å². The van der Waals surface area contributed by atoms with Gasteiger partial charge in [0.25, 0.3) is 0 Å². The van der Waals surface area contributed by atoms with Crippen molar-refractivity contribution < 1.29 is 9.59 Å². The third-order valence-electron chi connectivity index (χ3n) is 3.65. The number of aromatic nitrogens is 1. The molecule has 0 fully saturated rings. The molecule has 1 aromatic carbocycles. The van der Waals surface area contributed by atoms with E-state index in [1.54, 1.807) is 30.1 Å². The van der Waals surface area contributed by atoms with Gasteiger partial charge in [0, 0.05) is 40.5 Å². The summed E-state index contributed by atoms with van der Waals surface area (Å²) in [6, 6.07) is 5.65.